The summed E-state index contributed by atoms with van der Waals surface area (Å²) in [7, 11) is 1.34. The topological polar surface area (TPSA) is 63.0 Å². The summed E-state index contributed by atoms with van der Waals surface area (Å²) >= 11 is 0. The fraction of sp³-hybridized carbons (Fsp3) is 0.261. The molecule has 0 saturated carbocycles. The summed E-state index contributed by atoms with van der Waals surface area (Å²) in [6.45, 7) is 5.39. The lowest BCUT2D eigenvalue weighted by atomic mass is 10.0. The van der Waals surface area contributed by atoms with Crippen molar-refractivity contribution >= 4 is 11.8 Å². The number of esters is 1. The van der Waals surface area contributed by atoms with E-state index in [-0.39, 0.29) is 5.78 Å². The minimum absolute atomic E-state index is 0.0726. The molecule has 1 atom stereocenters. The molecule has 5 nitrogen and oxygen atoms in total. The molecule has 28 heavy (non-hydrogen) atoms. The van der Waals surface area contributed by atoms with E-state index in [2.05, 4.69) is 17.1 Å². The average Bonchev–Trinajstić information content (AvgIpc) is 3.01. The van der Waals surface area contributed by atoms with Crippen molar-refractivity contribution in [2.24, 2.45) is 0 Å². The number of ether oxygens (including phenoxy) is 1. The maximum Gasteiger partial charge on any atom is 0.339 e. The van der Waals surface area contributed by atoms with Crippen molar-refractivity contribution in [1.29, 1.82) is 0 Å². The molecular formula is C23H25N2O3+. The van der Waals surface area contributed by atoms with Gasteiger partial charge in [0.1, 0.15) is 0 Å². The van der Waals surface area contributed by atoms with Gasteiger partial charge in [-0.05, 0) is 37.0 Å². The van der Waals surface area contributed by atoms with Gasteiger partial charge in [0.2, 0.25) is 11.8 Å². The van der Waals surface area contributed by atoms with Crippen LogP contribution in [0.3, 0.4) is 0 Å². The number of aromatic amines is 1. The fourth-order valence-electron chi connectivity index (χ4n) is 3.43. The predicted octanol–water partition coefficient (Wildman–Crippen LogP) is 3.74. The van der Waals surface area contributed by atoms with Gasteiger partial charge in [0, 0.05) is 24.8 Å². The lowest BCUT2D eigenvalue weighted by molar-refractivity contribution is -0.704. The Balaban J connectivity index is 1.79. The third kappa shape index (κ3) is 3.88. The molecule has 0 bridgehead atoms. The molecule has 3 aromatic rings. The molecule has 0 aliphatic heterocycles. The molecule has 0 saturated heterocycles. The Labute approximate surface area is 165 Å². The van der Waals surface area contributed by atoms with Gasteiger partial charge in [-0.25, -0.2) is 4.79 Å². The van der Waals surface area contributed by atoms with E-state index in [1.807, 2.05) is 54.2 Å². The highest BCUT2D eigenvalue weighted by molar-refractivity contribution is 6.02. The van der Waals surface area contributed by atoms with Gasteiger partial charge in [-0.2, -0.15) is 4.57 Å². The van der Waals surface area contributed by atoms with Crippen LogP contribution in [-0.4, -0.2) is 23.8 Å². The van der Waals surface area contributed by atoms with Crippen molar-refractivity contribution in [2.45, 2.75) is 33.2 Å². The highest BCUT2D eigenvalue weighted by Gasteiger charge is 2.29. The molecule has 0 unspecified atom stereocenters. The zero-order chi connectivity index (χ0) is 20.3. The number of aryl methyl sites for hydroxylation is 1. The second-order valence-electron chi connectivity index (χ2n) is 6.97. The predicted molar refractivity (Wildman–Crippen MR) is 107 cm³/mol. The monoisotopic (exact) mass is 377 g/mol. The Kier molecular flexibility index (Phi) is 5.73. The Bertz CT molecular complexity index is 989. The van der Waals surface area contributed by atoms with E-state index in [1.165, 1.54) is 18.2 Å². The summed E-state index contributed by atoms with van der Waals surface area (Å²) in [5.74, 6) is -0.507. The fourth-order valence-corrected chi connectivity index (χ4v) is 3.43. The molecule has 144 valence electrons. The minimum atomic E-state index is -0.434. The summed E-state index contributed by atoms with van der Waals surface area (Å²) in [5, 5.41) is 0. The number of nitrogens with one attached hydrogen (secondary N) is 1. The summed E-state index contributed by atoms with van der Waals surface area (Å²) in [6.07, 6.45) is 4.70. The Morgan fingerprint density at radius 1 is 1.04 bits per heavy atom. The molecule has 0 radical (unpaired) electrons. The normalized spacial score (nSPS) is 11.9. The quantitative estimate of drug-likeness (QED) is 0.404. The first-order chi connectivity index (χ1) is 13.4. The van der Waals surface area contributed by atoms with Crippen molar-refractivity contribution in [3.63, 3.8) is 0 Å². The number of benzene rings is 1. The van der Waals surface area contributed by atoms with Crippen LogP contribution in [0, 0.1) is 13.8 Å². The van der Waals surface area contributed by atoms with Gasteiger partial charge in [0.05, 0.1) is 18.4 Å². The first-order valence-electron chi connectivity index (χ1n) is 9.27. The SMILES string of the molecule is COC(=O)c1c(C)[nH]c(C(=O)[C@@H](C)[n+]2ccc(Cc3ccccc3)cc2)c1C. The maximum absolute atomic E-state index is 13.0. The molecule has 0 amide bonds. The summed E-state index contributed by atoms with van der Waals surface area (Å²) in [5.41, 5.74) is 4.58. The molecular weight excluding hydrogens is 352 g/mol. The number of methoxy groups -OCH3 is 1. The van der Waals surface area contributed by atoms with Crippen molar-refractivity contribution in [2.75, 3.05) is 7.11 Å². The number of aromatic nitrogens is 2. The molecule has 0 fully saturated rings. The van der Waals surface area contributed by atoms with Crippen LogP contribution in [0.2, 0.25) is 0 Å². The van der Waals surface area contributed by atoms with E-state index in [0.717, 1.165) is 6.42 Å². The molecule has 0 spiro atoms. The second kappa shape index (κ2) is 8.21. The van der Waals surface area contributed by atoms with Crippen molar-refractivity contribution in [3.8, 4) is 0 Å². The lowest BCUT2D eigenvalue weighted by Crippen LogP contribution is -2.42. The maximum atomic E-state index is 13.0. The number of H-pyrrole nitrogens is 1. The highest BCUT2D eigenvalue weighted by Crippen LogP contribution is 2.21. The lowest BCUT2D eigenvalue weighted by Gasteiger charge is -2.07. The van der Waals surface area contributed by atoms with Crippen molar-refractivity contribution in [3.05, 3.63) is 88.5 Å². The van der Waals surface area contributed by atoms with Crippen LogP contribution in [0.15, 0.2) is 54.9 Å². The third-order valence-corrected chi connectivity index (χ3v) is 5.07. The van der Waals surface area contributed by atoms with E-state index in [0.29, 0.717) is 22.5 Å². The molecule has 5 heteroatoms. The number of rotatable bonds is 6. The highest BCUT2D eigenvalue weighted by atomic mass is 16.5. The number of carbonyl (C=O) groups is 2. The molecule has 1 N–H and O–H groups in total. The van der Waals surface area contributed by atoms with E-state index in [9.17, 15) is 9.59 Å². The molecule has 3 rings (SSSR count). The minimum Gasteiger partial charge on any atom is -0.465 e. The summed E-state index contributed by atoms with van der Waals surface area (Å²) < 4.78 is 6.70. The first-order valence-corrected chi connectivity index (χ1v) is 9.27. The largest absolute Gasteiger partial charge is 0.465 e. The zero-order valence-electron chi connectivity index (χ0n) is 16.7. The number of hydrogen-bond acceptors (Lipinski definition) is 3. The Morgan fingerprint density at radius 2 is 1.64 bits per heavy atom. The van der Waals surface area contributed by atoms with Crippen molar-refractivity contribution in [1.82, 2.24) is 4.98 Å². The number of carbonyl (C=O) groups excluding carboxylic acids is 2. The van der Waals surface area contributed by atoms with Gasteiger partial charge < -0.3 is 9.72 Å². The first kappa shape index (κ1) is 19.5. The smallest absolute Gasteiger partial charge is 0.339 e. The van der Waals surface area contributed by atoms with Crippen LogP contribution in [0.5, 0.6) is 0 Å². The van der Waals surface area contributed by atoms with Gasteiger partial charge in [-0.3, -0.25) is 4.79 Å². The van der Waals surface area contributed by atoms with Gasteiger partial charge in [0.15, 0.2) is 12.4 Å². The van der Waals surface area contributed by atoms with Gasteiger partial charge >= 0.3 is 5.97 Å². The average molecular weight is 377 g/mol. The van der Waals surface area contributed by atoms with Crippen LogP contribution in [0.25, 0.3) is 0 Å². The van der Waals surface area contributed by atoms with Crippen LogP contribution in [0.1, 0.15) is 56.2 Å². The zero-order valence-corrected chi connectivity index (χ0v) is 16.7. The molecule has 0 aliphatic carbocycles. The van der Waals surface area contributed by atoms with Crippen LogP contribution >= 0.6 is 0 Å². The van der Waals surface area contributed by atoms with E-state index < -0.39 is 12.0 Å². The molecule has 1 aromatic carbocycles. The standard InChI is InChI=1S/C23H24N2O3/c1-15-20(23(27)28-4)16(2)24-21(15)22(26)17(3)25-12-10-19(11-13-25)14-18-8-6-5-7-9-18/h5-13,17H,14H2,1-4H3/p+1/t17-/m1/s1. The van der Waals surface area contributed by atoms with E-state index in [4.69, 9.17) is 4.74 Å². The van der Waals surface area contributed by atoms with Crippen LogP contribution in [-0.2, 0) is 11.2 Å². The van der Waals surface area contributed by atoms with E-state index in [1.54, 1.807) is 13.8 Å². The van der Waals surface area contributed by atoms with Crippen LogP contribution in [0.4, 0.5) is 0 Å². The van der Waals surface area contributed by atoms with Gasteiger partial charge in [0.25, 0.3) is 0 Å². The number of ketones is 1. The third-order valence-electron chi connectivity index (χ3n) is 5.07. The second-order valence-corrected chi connectivity index (χ2v) is 6.97. The number of Topliss-reactive ketones (excluding diaryl/α,β-unsaturated/α-hetero) is 1. The Morgan fingerprint density at radius 3 is 2.25 bits per heavy atom. The van der Waals surface area contributed by atoms with E-state index >= 15 is 0 Å². The number of hydrogen-bond donors (Lipinski definition) is 1. The summed E-state index contributed by atoms with van der Waals surface area (Å²) in [6, 6.07) is 13.9. The Hall–Kier alpha value is -3.21. The number of nitrogens with zero attached hydrogens (tertiary/aromatic N) is 1. The molecule has 2 aromatic heterocycles. The van der Waals surface area contributed by atoms with Gasteiger partial charge in [-0.15, -0.1) is 0 Å². The van der Waals surface area contributed by atoms with Crippen molar-refractivity contribution < 1.29 is 18.9 Å². The molecule has 0 aliphatic rings. The van der Waals surface area contributed by atoms with Crippen LogP contribution < -0.4 is 4.57 Å². The molecule has 2 heterocycles. The summed E-state index contributed by atoms with van der Waals surface area (Å²) in [4.78, 5) is 28.0. The van der Waals surface area contributed by atoms with Gasteiger partial charge in [-0.1, -0.05) is 30.3 Å². The number of pyridine rings is 1.